The molecule has 58 valence electrons. The molecule has 1 aromatic rings. The van der Waals surface area contributed by atoms with E-state index in [2.05, 4.69) is 52.3 Å². The fourth-order valence-corrected chi connectivity index (χ4v) is 1.16. The Bertz CT molecular complexity index is 214. The molecule has 0 spiro atoms. The highest BCUT2D eigenvalue weighted by molar-refractivity contribution is 9.09. The van der Waals surface area contributed by atoms with Gasteiger partial charge in [-0.1, -0.05) is 58.4 Å². The highest BCUT2D eigenvalue weighted by atomic mass is 79.9. The van der Waals surface area contributed by atoms with Gasteiger partial charge in [0.15, 0.2) is 0 Å². The summed E-state index contributed by atoms with van der Waals surface area (Å²) in [6, 6.07) is 10.4. The minimum atomic E-state index is 0.944. The third kappa shape index (κ3) is 3.38. The number of hydrogen-bond donors (Lipinski definition) is 0. The predicted octanol–water partition coefficient (Wildman–Crippen LogP) is 3.18. The van der Waals surface area contributed by atoms with E-state index in [1.165, 1.54) is 5.56 Å². The zero-order valence-corrected chi connectivity index (χ0v) is 7.92. The molecule has 0 aromatic heterocycles. The monoisotopic (exact) mass is 210 g/mol. The van der Waals surface area contributed by atoms with Crippen LogP contribution < -0.4 is 0 Å². The Morgan fingerprint density at radius 2 is 1.82 bits per heavy atom. The van der Waals surface area contributed by atoms with Crippen molar-refractivity contribution in [1.82, 2.24) is 0 Å². The summed E-state index contributed by atoms with van der Waals surface area (Å²) >= 11 is 3.34. The van der Waals surface area contributed by atoms with Gasteiger partial charge in [0.05, 0.1) is 0 Å². The van der Waals surface area contributed by atoms with Crippen LogP contribution in [0.3, 0.4) is 0 Å². The number of allylic oxidation sites excluding steroid dienone is 2. The maximum atomic E-state index is 3.34. The summed E-state index contributed by atoms with van der Waals surface area (Å²) in [6.45, 7) is 0. The second-order valence-corrected chi connectivity index (χ2v) is 2.96. The van der Waals surface area contributed by atoms with Gasteiger partial charge < -0.3 is 0 Å². The van der Waals surface area contributed by atoms with Crippen molar-refractivity contribution in [2.45, 2.75) is 6.42 Å². The van der Waals surface area contributed by atoms with Crippen molar-refractivity contribution in [3.8, 4) is 0 Å². The molecular weight excluding hydrogens is 200 g/mol. The van der Waals surface area contributed by atoms with E-state index in [0.29, 0.717) is 0 Å². The lowest BCUT2D eigenvalue weighted by Crippen LogP contribution is -1.77. The molecule has 0 aliphatic carbocycles. The molecular formula is C10H11Br. The third-order valence-corrected chi connectivity index (χ3v) is 1.83. The van der Waals surface area contributed by atoms with E-state index >= 15 is 0 Å². The summed E-state index contributed by atoms with van der Waals surface area (Å²) in [5, 5.41) is 0.944. The van der Waals surface area contributed by atoms with Gasteiger partial charge in [0.25, 0.3) is 0 Å². The van der Waals surface area contributed by atoms with Gasteiger partial charge in [-0.2, -0.15) is 0 Å². The Morgan fingerprint density at radius 3 is 2.45 bits per heavy atom. The van der Waals surface area contributed by atoms with Crippen LogP contribution in [0.1, 0.15) is 5.56 Å². The lowest BCUT2D eigenvalue weighted by atomic mass is 10.1. The summed E-state index contributed by atoms with van der Waals surface area (Å²) in [5.74, 6) is 0. The first kappa shape index (κ1) is 8.54. The molecule has 0 aliphatic heterocycles. The van der Waals surface area contributed by atoms with Crippen LogP contribution in [0.5, 0.6) is 0 Å². The van der Waals surface area contributed by atoms with Crippen LogP contribution in [-0.2, 0) is 6.42 Å². The van der Waals surface area contributed by atoms with E-state index in [0.717, 1.165) is 11.8 Å². The second-order valence-electron chi connectivity index (χ2n) is 2.32. The van der Waals surface area contributed by atoms with Crippen LogP contribution >= 0.6 is 15.9 Å². The maximum absolute atomic E-state index is 3.34. The van der Waals surface area contributed by atoms with Gasteiger partial charge in [0, 0.05) is 5.33 Å². The Labute approximate surface area is 76.1 Å². The van der Waals surface area contributed by atoms with Crippen LogP contribution in [0.4, 0.5) is 0 Å². The molecule has 1 rings (SSSR count). The normalized spacial score (nSPS) is 10.6. The van der Waals surface area contributed by atoms with E-state index in [1.54, 1.807) is 0 Å². The summed E-state index contributed by atoms with van der Waals surface area (Å²) in [4.78, 5) is 0. The van der Waals surface area contributed by atoms with Gasteiger partial charge >= 0.3 is 0 Å². The maximum Gasteiger partial charge on any atom is 0.0212 e. The molecule has 1 aromatic carbocycles. The lowest BCUT2D eigenvalue weighted by molar-refractivity contribution is 1.27. The Kier molecular flexibility index (Phi) is 3.99. The van der Waals surface area contributed by atoms with Crippen molar-refractivity contribution in [1.29, 1.82) is 0 Å². The van der Waals surface area contributed by atoms with Gasteiger partial charge in [-0.3, -0.25) is 0 Å². The van der Waals surface area contributed by atoms with Crippen LogP contribution in [0.25, 0.3) is 0 Å². The first-order chi connectivity index (χ1) is 5.43. The molecule has 0 unspecified atom stereocenters. The van der Waals surface area contributed by atoms with Crippen molar-refractivity contribution >= 4 is 15.9 Å². The fourth-order valence-electron chi connectivity index (χ4n) is 0.897. The Balaban J connectivity index is 2.45. The van der Waals surface area contributed by atoms with Crippen LogP contribution in [-0.4, -0.2) is 5.33 Å². The first-order valence-corrected chi connectivity index (χ1v) is 4.80. The first-order valence-electron chi connectivity index (χ1n) is 3.68. The molecule has 1 heteroatoms. The standard InChI is InChI=1S/C10H11Br/c11-9-5-4-8-10-6-2-1-3-7-10/h1-7H,8-9H2. The molecule has 0 N–H and O–H groups in total. The van der Waals surface area contributed by atoms with E-state index in [9.17, 15) is 0 Å². The van der Waals surface area contributed by atoms with E-state index < -0.39 is 0 Å². The zero-order valence-electron chi connectivity index (χ0n) is 6.33. The van der Waals surface area contributed by atoms with Crippen LogP contribution in [0.15, 0.2) is 42.5 Å². The minimum absolute atomic E-state index is 0.944. The number of halogens is 1. The predicted molar refractivity (Wildman–Crippen MR) is 53.1 cm³/mol. The highest BCUT2D eigenvalue weighted by Crippen LogP contribution is 1.99. The summed E-state index contributed by atoms with van der Waals surface area (Å²) in [6.07, 6.45) is 5.32. The molecule has 0 aliphatic rings. The lowest BCUT2D eigenvalue weighted by Gasteiger charge is -1.92. The largest absolute Gasteiger partial charge is 0.0883 e. The topological polar surface area (TPSA) is 0 Å². The SMILES string of the molecule is BrCC=CCc1ccccc1. The minimum Gasteiger partial charge on any atom is -0.0883 e. The fraction of sp³-hybridized carbons (Fsp3) is 0.200. The van der Waals surface area contributed by atoms with Gasteiger partial charge in [0.2, 0.25) is 0 Å². The molecule has 0 radical (unpaired) electrons. The van der Waals surface area contributed by atoms with Gasteiger partial charge in [-0.05, 0) is 12.0 Å². The van der Waals surface area contributed by atoms with Crippen molar-refractivity contribution < 1.29 is 0 Å². The molecule has 0 bridgehead atoms. The Morgan fingerprint density at radius 1 is 1.09 bits per heavy atom. The molecule has 0 fully saturated rings. The second kappa shape index (κ2) is 5.14. The average Bonchev–Trinajstić information content (AvgIpc) is 2.07. The third-order valence-electron chi connectivity index (χ3n) is 1.45. The number of alkyl halides is 1. The van der Waals surface area contributed by atoms with Crippen molar-refractivity contribution in [2.24, 2.45) is 0 Å². The molecule has 0 amide bonds. The summed E-state index contributed by atoms with van der Waals surface area (Å²) < 4.78 is 0. The van der Waals surface area contributed by atoms with Crippen molar-refractivity contribution in [2.75, 3.05) is 5.33 Å². The molecule has 0 atom stereocenters. The quantitative estimate of drug-likeness (QED) is 0.532. The molecule has 0 nitrogen and oxygen atoms in total. The zero-order chi connectivity index (χ0) is 7.94. The molecule has 0 saturated carbocycles. The molecule has 0 saturated heterocycles. The van der Waals surface area contributed by atoms with Crippen LogP contribution in [0.2, 0.25) is 0 Å². The van der Waals surface area contributed by atoms with Crippen molar-refractivity contribution in [3.05, 3.63) is 48.0 Å². The number of benzene rings is 1. The summed E-state index contributed by atoms with van der Waals surface area (Å²) in [7, 11) is 0. The Hall–Kier alpha value is -0.560. The van der Waals surface area contributed by atoms with Gasteiger partial charge in [-0.25, -0.2) is 0 Å². The number of rotatable bonds is 3. The molecule has 0 heterocycles. The van der Waals surface area contributed by atoms with Gasteiger partial charge in [-0.15, -0.1) is 0 Å². The van der Waals surface area contributed by atoms with E-state index in [1.807, 2.05) is 6.07 Å². The van der Waals surface area contributed by atoms with Crippen molar-refractivity contribution in [3.63, 3.8) is 0 Å². The van der Waals surface area contributed by atoms with E-state index in [-0.39, 0.29) is 0 Å². The van der Waals surface area contributed by atoms with Gasteiger partial charge in [0.1, 0.15) is 0 Å². The smallest absolute Gasteiger partial charge is 0.0212 e. The highest BCUT2D eigenvalue weighted by Gasteiger charge is 1.83. The molecule has 11 heavy (non-hydrogen) atoms. The van der Waals surface area contributed by atoms with Crippen LogP contribution in [0, 0.1) is 0 Å². The average molecular weight is 211 g/mol. The van der Waals surface area contributed by atoms with E-state index in [4.69, 9.17) is 0 Å². The summed E-state index contributed by atoms with van der Waals surface area (Å²) in [5.41, 5.74) is 1.37. The number of hydrogen-bond acceptors (Lipinski definition) is 0.